The predicted molar refractivity (Wildman–Crippen MR) is 60.0 cm³/mol. The molecule has 0 fully saturated rings. The van der Waals surface area contributed by atoms with Crippen molar-refractivity contribution in [2.45, 2.75) is 0 Å². The molecule has 0 heterocycles. The van der Waals surface area contributed by atoms with Crippen molar-refractivity contribution < 1.29 is 4.79 Å². The molecular formula is C7H2Cl5NO. The van der Waals surface area contributed by atoms with Gasteiger partial charge in [0.15, 0.2) is 0 Å². The quantitative estimate of drug-likeness (QED) is 0.616. The molecule has 1 rings (SSSR count). The number of halogens is 5. The fourth-order valence-corrected chi connectivity index (χ4v) is 2.15. The SMILES string of the molecule is NC(=O)c1c(Cl)c(Cl)c(Cl)c(Cl)c1Cl. The first-order chi connectivity index (χ1) is 6.37. The smallest absolute Gasteiger partial charge is 0.251 e. The van der Waals surface area contributed by atoms with Crippen LogP contribution >= 0.6 is 58.0 Å². The maximum atomic E-state index is 11.0. The fraction of sp³-hybridized carbons (Fsp3) is 0. The molecule has 76 valence electrons. The van der Waals surface area contributed by atoms with Gasteiger partial charge < -0.3 is 5.73 Å². The summed E-state index contributed by atoms with van der Waals surface area (Å²) in [6.45, 7) is 0. The molecule has 1 aromatic rings. The number of rotatable bonds is 1. The molecule has 1 amide bonds. The van der Waals surface area contributed by atoms with E-state index in [1.54, 1.807) is 0 Å². The average Bonchev–Trinajstić information content (AvgIpc) is 2.11. The zero-order valence-electron chi connectivity index (χ0n) is 6.38. The van der Waals surface area contributed by atoms with Gasteiger partial charge in [-0.3, -0.25) is 4.79 Å². The third kappa shape index (κ3) is 1.90. The van der Waals surface area contributed by atoms with Crippen LogP contribution in [0.15, 0.2) is 0 Å². The van der Waals surface area contributed by atoms with Crippen LogP contribution in [-0.4, -0.2) is 5.91 Å². The minimum Gasteiger partial charge on any atom is -0.366 e. The maximum Gasteiger partial charge on any atom is 0.251 e. The van der Waals surface area contributed by atoms with Crippen molar-refractivity contribution >= 4 is 63.9 Å². The summed E-state index contributed by atoms with van der Waals surface area (Å²) in [5.74, 6) is -0.819. The second-order valence-corrected chi connectivity index (χ2v) is 4.20. The van der Waals surface area contributed by atoms with E-state index in [1.165, 1.54) is 0 Å². The van der Waals surface area contributed by atoms with Gasteiger partial charge in [0.25, 0.3) is 5.91 Å². The van der Waals surface area contributed by atoms with Gasteiger partial charge in [-0.25, -0.2) is 0 Å². The van der Waals surface area contributed by atoms with Crippen LogP contribution < -0.4 is 5.73 Å². The van der Waals surface area contributed by atoms with Crippen molar-refractivity contribution in [2.75, 3.05) is 0 Å². The van der Waals surface area contributed by atoms with Gasteiger partial charge in [0, 0.05) is 0 Å². The molecule has 7 heteroatoms. The van der Waals surface area contributed by atoms with Gasteiger partial charge in [-0.15, -0.1) is 0 Å². The lowest BCUT2D eigenvalue weighted by Crippen LogP contribution is -2.12. The monoisotopic (exact) mass is 291 g/mol. The molecule has 0 aliphatic heterocycles. The first-order valence-electron chi connectivity index (χ1n) is 3.19. The van der Waals surface area contributed by atoms with Gasteiger partial charge in [-0.1, -0.05) is 58.0 Å². The Morgan fingerprint density at radius 2 is 1.07 bits per heavy atom. The average molecular weight is 293 g/mol. The molecule has 0 radical (unpaired) electrons. The molecule has 0 aliphatic carbocycles. The largest absolute Gasteiger partial charge is 0.366 e. The molecule has 0 saturated carbocycles. The minimum absolute atomic E-state index is 0.00617. The number of benzene rings is 1. The molecular weight excluding hydrogens is 291 g/mol. The summed E-state index contributed by atoms with van der Waals surface area (Å²) in [5, 5.41) is -0.293. The Bertz CT molecular complexity index is 388. The van der Waals surface area contributed by atoms with Crippen LogP contribution in [-0.2, 0) is 0 Å². The van der Waals surface area contributed by atoms with Crippen LogP contribution in [0.1, 0.15) is 10.4 Å². The molecule has 1 aromatic carbocycles. The summed E-state index contributed by atoms with van der Waals surface area (Å²) in [7, 11) is 0. The van der Waals surface area contributed by atoms with Crippen molar-refractivity contribution in [1.82, 2.24) is 0 Å². The number of hydrogen-bond acceptors (Lipinski definition) is 1. The topological polar surface area (TPSA) is 43.1 Å². The Kier molecular flexibility index (Phi) is 3.78. The molecule has 0 bridgehead atoms. The molecule has 2 nitrogen and oxygen atoms in total. The number of amides is 1. The fourth-order valence-electron chi connectivity index (χ4n) is 0.821. The number of nitrogens with two attached hydrogens (primary N) is 1. The second kappa shape index (κ2) is 4.33. The number of carbonyl (C=O) groups is 1. The Morgan fingerprint density at radius 1 is 0.786 bits per heavy atom. The second-order valence-electron chi connectivity index (χ2n) is 2.31. The lowest BCUT2D eigenvalue weighted by atomic mass is 10.2. The van der Waals surface area contributed by atoms with Crippen LogP contribution in [0.3, 0.4) is 0 Å². The number of carbonyl (C=O) groups excluding carboxylic acids is 1. The van der Waals surface area contributed by atoms with Crippen molar-refractivity contribution in [3.63, 3.8) is 0 Å². The summed E-state index contributed by atoms with van der Waals surface area (Å²) < 4.78 is 0. The van der Waals surface area contributed by atoms with Crippen LogP contribution in [0, 0.1) is 0 Å². The Hall–Kier alpha value is 0.140. The molecule has 0 unspecified atom stereocenters. The van der Waals surface area contributed by atoms with E-state index in [-0.39, 0.29) is 30.7 Å². The zero-order chi connectivity index (χ0) is 11.0. The third-order valence-corrected chi connectivity index (χ3v) is 3.73. The van der Waals surface area contributed by atoms with Gasteiger partial charge >= 0.3 is 0 Å². The highest BCUT2D eigenvalue weighted by molar-refractivity contribution is 6.56. The molecule has 0 spiro atoms. The van der Waals surface area contributed by atoms with Crippen molar-refractivity contribution in [2.24, 2.45) is 5.73 Å². The third-order valence-electron chi connectivity index (χ3n) is 1.46. The van der Waals surface area contributed by atoms with Gasteiger partial charge in [0.1, 0.15) is 0 Å². The van der Waals surface area contributed by atoms with E-state index in [0.717, 1.165) is 0 Å². The van der Waals surface area contributed by atoms with E-state index in [4.69, 9.17) is 63.7 Å². The molecule has 0 aromatic heterocycles. The highest BCUT2D eigenvalue weighted by atomic mass is 35.5. The lowest BCUT2D eigenvalue weighted by molar-refractivity contribution is 0.100. The maximum absolute atomic E-state index is 11.0. The summed E-state index contributed by atoms with van der Waals surface area (Å²) in [6, 6.07) is 0. The van der Waals surface area contributed by atoms with E-state index in [9.17, 15) is 4.79 Å². The summed E-state index contributed by atoms with van der Waals surface area (Å²) in [6.07, 6.45) is 0. The van der Waals surface area contributed by atoms with Crippen molar-refractivity contribution in [3.05, 3.63) is 30.7 Å². The Balaban J connectivity index is 3.68. The molecule has 14 heavy (non-hydrogen) atoms. The highest BCUT2D eigenvalue weighted by Gasteiger charge is 2.22. The van der Waals surface area contributed by atoms with Gasteiger partial charge in [0.2, 0.25) is 0 Å². The highest BCUT2D eigenvalue weighted by Crippen LogP contribution is 2.43. The number of primary amides is 1. The van der Waals surface area contributed by atoms with E-state index >= 15 is 0 Å². The van der Waals surface area contributed by atoms with Crippen LogP contribution in [0.4, 0.5) is 0 Å². The molecule has 0 atom stereocenters. The van der Waals surface area contributed by atoms with Crippen molar-refractivity contribution in [1.29, 1.82) is 0 Å². The van der Waals surface area contributed by atoms with E-state index in [1.807, 2.05) is 0 Å². The number of hydrogen-bond donors (Lipinski definition) is 1. The Morgan fingerprint density at radius 3 is 1.36 bits per heavy atom. The lowest BCUT2D eigenvalue weighted by Gasteiger charge is -2.08. The van der Waals surface area contributed by atoms with Gasteiger partial charge in [0.05, 0.1) is 30.7 Å². The van der Waals surface area contributed by atoms with Crippen LogP contribution in [0.2, 0.25) is 25.1 Å². The normalized spacial score (nSPS) is 10.4. The standard InChI is InChI=1S/C7H2Cl5NO/c8-2-1(7(13)14)3(9)5(11)6(12)4(2)10/h(H2,13,14). The van der Waals surface area contributed by atoms with Gasteiger partial charge in [-0.05, 0) is 0 Å². The van der Waals surface area contributed by atoms with E-state index in [2.05, 4.69) is 0 Å². The van der Waals surface area contributed by atoms with Gasteiger partial charge in [-0.2, -0.15) is 0 Å². The summed E-state index contributed by atoms with van der Waals surface area (Å²) >= 11 is 28.5. The van der Waals surface area contributed by atoms with Crippen LogP contribution in [0.25, 0.3) is 0 Å². The summed E-state index contributed by atoms with van der Waals surface area (Å²) in [5.41, 5.74) is 4.90. The van der Waals surface area contributed by atoms with E-state index in [0.29, 0.717) is 0 Å². The summed E-state index contributed by atoms with van der Waals surface area (Å²) in [4.78, 5) is 11.0. The molecule has 0 aliphatic rings. The Labute approximate surface area is 105 Å². The predicted octanol–water partition coefficient (Wildman–Crippen LogP) is 4.05. The van der Waals surface area contributed by atoms with Crippen molar-refractivity contribution in [3.8, 4) is 0 Å². The van der Waals surface area contributed by atoms with E-state index < -0.39 is 5.91 Å². The first kappa shape index (κ1) is 12.2. The zero-order valence-corrected chi connectivity index (χ0v) is 10.2. The van der Waals surface area contributed by atoms with Crippen LogP contribution in [0.5, 0.6) is 0 Å². The molecule has 2 N–H and O–H groups in total. The first-order valence-corrected chi connectivity index (χ1v) is 5.08. The minimum atomic E-state index is -0.819. The molecule has 0 saturated heterocycles.